The van der Waals surface area contributed by atoms with Crippen LogP contribution in [0.25, 0.3) is 0 Å². The highest BCUT2D eigenvalue weighted by Gasteiger charge is 2.65. The van der Waals surface area contributed by atoms with Crippen LogP contribution >= 0.6 is 0 Å². The standard InChI is InChI=1S/C38H57N3O8/c1-7-21-47-38-33(40(5)36(44)45-6)25-31(39-49-37(2,3)4)29-23-26(12-8-10-19-42)28(13-9-11-20-43)34(35(29)38)30-24-27(14-15-32(30)48-38)46-22-18-41-16-17-41/h7,14-15,23-24,26,28,33-35,42-43H,1,8-13,16-22,25H2,2-6H3/t26-,28+,33-,34+,35+,38+/m0/s1. The van der Waals surface area contributed by atoms with Gasteiger partial charge < -0.3 is 38.9 Å². The third-order valence-corrected chi connectivity index (χ3v) is 10.2. The molecule has 1 saturated carbocycles. The van der Waals surface area contributed by atoms with E-state index in [9.17, 15) is 15.0 Å². The molecule has 2 fully saturated rings. The molecule has 11 nitrogen and oxygen atoms in total. The Morgan fingerprint density at radius 1 is 1.16 bits per heavy atom. The van der Waals surface area contributed by atoms with Gasteiger partial charge in [-0.2, -0.15) is 0 Å². The number of likely N-dealkylation sites (N-methyl/N-ethyl adjacent to an activating group) is 1. The molecule has 1 aromatic rings. The molecule has 0 aromatic heterocycles. The van der Waals surface area contributed by atoms with Crippen LogP contribution < -0.4 is 9.47 Å². The van der Waals surface area contributed by atoms with Crippen molar-refractivity contribution in [3.63, 3.8) is 0 Å². The van der Waals surface area contributed by atoms with Gasteiger partial charge in [0.25, 0.3) is 0 Å². The Balaban J connectivity index is 1.72. The van der Waals surface area contributed by atoms with E-state index in [0.29, 0.717) is 25.2 Å². The monoisotopic (exact) mass is 683 g/mol. The highest BCUT2D eigenvalue weighted by atomic mass is 16.7. The molecule has 4 aliphatic rings. The van der Waals surface area contributed by atoms with Gasteiger partial charge in [0.05, 0.1) is 25.3 Å². The number of hydrogen-bond donors (Lipinski definition) is 2. The molecule has 5 rings (SSSR count). The lowest BCUT2D eigenvalue weighted by molar-refractivity contribution is -0.253. The summed E-state index contributed by atoms with van der Waals surface area (Å²) in [6.45, 7) is 14.0. The summed E-state index contributed by atoms with van der Waals surface area (Å²) in [6.07, 6.45) is 8.77. The average Bonchev–Trinajstić information content (AvgIpc) is 3.91. The van der Waals surface area contributed by atoms with Crippen molar-refractivity contribution in [2.75, 3.05) is 60.2 Å². The van der Waals surface area contributed by atoms with Gasteiger partial charge in [-0.3, -0.25) is 4.90 Å². The van der Waals surface area contributed by atoms with Crippen LogP contribution in [0.5, 0.6) is 11.5 Å². The van der Waals surface area contributed by atoms with Gasteiger partial charge >= 0.3 is 6.09 Å². The molecule has 1 saturated heterocycles. The highest BCUT2D eigenvalue weighted by molar-refractivity contribution is 6.02. The molecule has 1 amide bonds. The molecule has 0 unspecified atom stereocenters. The third kappa shape index (κ3) is 8.44. The van der Waals surface area contributed by atoms with Crippen molar-refractivity contribution >= 4 is 11.8 Å². The van der Waals surface area contributed by atoms with E-state index < -0.39 is 23.5 Å². The number of aliphatic hydroxyl groups excluding tert-OH is 2. The molecule has 6 atom stereocenters. The molecule has 272 valence electrons. The lowest BCUT2D eigenvalue weighted by atomic mass is 9.55. The second-order valence-corrected chi connectivity index (χ2v) is 14.7. The molecule has 11 heteroatoms. The van der Waals surface area contributed by atoms with E-state index in [-0.39, 0.29) is 43.5 Å². The van der Waals surface area contributed by atoms with Crippen molar-refractivity contribution in [1.82, 2.24) is 9.80 Å². The number of oxime groups is 1. The Labute approximate surface area is 291 Å². The number of unbranched alkanes of at least 4 members (excludes halogenated alkanes) is 2. The quantitative estimate of drug-likeness (QED) is 0.0948. The largest absolute Gasteiger partial charge is 0.492 e. The number of rotatable bonds is 17. The number of allylic oxidation sites excluding steroid dienone is 1. The second kappa shape index (κ2) is 16.3. The molecule has 1 aromatic carbocycles. The van der Waals surface area contributed by atoms with Gasteiger partial charge in [0, 0.05) is 57.8 Å². The van der Waals surface area contributed by atoms with Gasteiger partial charge in [0.15, 0.2) is 0 Å². The Bertz CT molecular complexity index is 1350. The molecule has 2 N–H and O–H groups in total. The maximum Gasteiger partial charge on any atom is 0.409 e. The SMILES string of the molecule is C=CCO[C@@]12Oc3ccc(OCCN4CC4)cc3[C@H]3[C@H](CCCCO)[C@@H](CCCCO)C=C(C(=NOC(C)(C)C)C[C@@H]1N(C)C(=O)OC)[C@H]32. The third-order valence-electron chi connectivity index (χ3n) is 10.2. The minimum Gasteiger partial charge on any atom is -0.492 e. The fourth-order valence-corrected chi connectivity index (χ4v) is 7.87. The molecule has 0 bridgehead atoms. The fourth-order valence-electron chi connectivity index (χ4n) is 7.87. The van der Waals surface area contributed by atoms with Crippen LogP contribution in [0.15, 0.2) is 47.7 Å². The van der Waals surface area contributed by atoms with E-state index in [4.69, 9.17) is 28.9 Å². The van der Waals surface area contributed by atoms with E-state index in [1.807, 2.05) is 32.9 Å². The van der Waals surface area contributed by atoms with Crippen LogP contribution in [-0.4, -0.2) is 109 Å². The smallest absolute Gasteiger partial charge is 0.409 e. The highest BCUT2D eigenvalue weighted by Crippen LogP contribution is 2.61. The zero-order valence-corrected chi connectivity index (χ0v) is 30.1. The van der Waals surface area contributed by atoms with E-state index in [0.717, 1.165) is 74.3 Å². The molecule has 49 heavy (non-hydrogen) atoms. The van der Waals surface area contributed by atoms with Crippen molar-refractivity contribution in [2.24, 2.45) is 22.9 Å². The first-order chi connectivity index (χ1) is 23.6. The Morgan fingerprint density at radius 3 is 2.55 bits per heavy atom. The van der Waals surface area contributed by atoms with Crippen LogP contribution in [0.4, 0.5) is 4.79 Å². The molecule has 2 heterocycles. The number of fused-ring (bicyclic) bond motifs is 2. The molecule has 2 aliphatic heterocycles. The number of ether oxygens (including phenoxy) is 4. The summed E-state index contributed by atoms with van der Waals surface area (Å²) in [6, 6.07) is 5.44. The van der Waals surface area contributed by atoms with E-state index in [1.165, 1.54) is 7.11 Å². The zero-order chi connectivity index (χ0) is 35.2. The maximum atomic E-state index is 13.3. The van der Waals surface area contributed by atoms with Gasteiger partial charge in [0.1, 0.15) is 29.7 Å². The number of nitrogens with zero attached hydrogens (tertiary/aromatic N) is 3. The van der Waals surface area contributed by atoms with Crippen molar-refractivity contribution < 1.29 is 38.8 Å². The van der Waals surface area contributed by atoms with Crippen LogP contribution in [-0.2, 0) is 14.3 Å². The van der Waals surface area contributed by atoms with Gasteiger partial charge in [-0.15, -0.1) is 6.58 Å². The van der Waals surface area contributed by atoms with E-state index in [1.54, 1.807) is 18.0 Å². The van der Waals surface area contributed by atoms with Crippen molar-refractivity contribution in [2.45, 2.75) is 89.1 Å². The average molecular weight is 684 g/mol. The molecule has 0 spiro atoms. The second-order valence-electron chi connectivity index (χ2n) is 14.7. The van der Waals surface area contributed by atoms with Crippen LogP contribution in [0.3, 0.4) is 0 Å². The summed E-state index contributed by atoms with van der Waals surface area (Å²) in [5.41, 5.74) is 2.25. The molecule has 2 aliphatic carbocycles. The summed E-state index contributed by atoms with van der Waals surface area (Å²) < 4.78 is 25.5. The lowest BCUT2D eigenvalue weighted by Gasteiger charge is -2.59. The normalized spacial score (nSPS) is 28.1. The van der Waals surface area contributed by atoms with Crippen molar-refractivity contribution in [3.05, 3.63) is 48.1 Å². The minimum absolute atomic E-state index is 0.101. The Hall–Kier alpha value is -3.12. The number of methoxy groups -OCH3 is 1. The first-order valence-corrected chi connectivity index (χ1v) is 18.0. The Kier molecular flexibility index (Phi) is 12.3. The number of aliphatic hydroxyl groups is 2. The summed E-state index contributed by atoms with van der Waals surface area (Å²) in [5.74, 6) is 0.0222. The molecular weight excluding hydrogens is 626 g/mol. The summed E-state index contributed by atoms with van der Waals surface area (Å²) >= 11 is 0. The van der Waals surface area contributed by atoms with Crippen molar-refractivity contribution in [1.29, 1.82) is 0 Å². The number of carbonyl (C=O) groups excluding carboxylic acids is 1. The van der Waals surface area contributed by atoms with Gasteiger partial charge in [0.2, 0.25) is 5.79 Å². The number of amides is 1. The molecular formula is C38H57N3O8. The van der Waals surface area contributed by atoms with Crippen LogP contribution in [0.1, 0.15) is 77.2 Å². The predicted octanol–water partition coefficient (Wildman–Crippen LogP) is 5.51. The zero-order valence-electron chi connectivity index (χ0n) is 30.1. The number of hydrogen-bond acceptors (Lipinski definition) is 10. The topological polar surface area (TPSA) is 122 Å². The Morgan fingerprint density at radius 2 is 1.90 bits per heavy atom. The van der Waals surface area contributed by atoms with Gasteiger partial charge in [-0.1, -0.05) is 30.1 Å². The fraction of sp³-hybridized carbons (Fsp3) is 0.684. The first kappa shape index (κ1) is 37.1. The van der Waals surface area contributed by atoms with Crippen LogP contribution in [0.2, 0.25) is 0 Å². The summed E-state index contributed by atoms with van der Waals surface area (Å²) in [7, 11) is 3.09. The minimum atomic E-state index is -1.30. The molecule has 0 radical (unpaired) electrons. The summed E-state index contributed by atoms with van der Waals surface area (Å²) in [5, 5.41) is 24.3. The van der Waals surface area contributed by atoms with Gasteiger partial charge in [-0.05, 0) is 82.1 Å². The number of carbonyl (C=O) groups is 1. The number of benzene rings is 1. The van der Waals surface area contributed by atoms with E-state index >= 15 is 0 Å². The predicted molar refractivity (Wildman–Crippen MR) is 188 cm³/mol. The van der Waals surface area contributed by atoms with Crippen molar-refractivity contribution in [3.8, 4) is 11.5 Å². The van der Waals surface area contributed by atoms with Gasteiger partial charge in [-0.25, -0.2) is 4.79 Å². The summed E-state index contributed by atoms with van der Waals surface area (Å²) in [4.78, 5) is 23.3. The van der Waals surface area contributed by atoms with E-state index in [2.05, 4.69) is 23.6 Å². The first-order valence-electron chi connectivity index (χ1n) is 18.0. The lowest BCUT2D eigenvalue weighted by Crippen LogP contribution is -2.69. The maximum absolute atomic E-state index is 13.3. The van der Waals surface area contributed by atoms with Crippen LogP contribution in [0, 0.1) is 17.8 Å².